The number of hydrogen-bond acceptors (Lipinski definition) is 3. The molecule has 0 aromatic carbocycles. The van der Waals surface area contributed by atoms with Crippen molar-refractivity contribution in [2.45, 2.75) is 12.5 Å². The predicted octanol–water partition coefficient (Wildman–Crippen LogP) is 0.00760. The van der Waals surface area contributed by atoms with Crippen LogP contribution in [0.15, 0.2) is 29.4 Å². The van der Waals surface area contributed by atoms with E-state index in [-0.39, 0.29) is 5.91 Å². The molecule has 0 saturated heterocycles. The summed E-state index contributed by atoms with van der Waals surface area (Å²) in [5.74, 6) is -0.261. The van der Waals surface area contributed by atoms with Crippen LogP contribution in [0.2, 0.25) is 0 Å². The second-order valence-electron chi connectivity index (χ2n) is 2.81. The Bertz CT molecular complexity index is 284. The van der Waals surface area contributed by atoms with Crippen molar-refractivity contribution in [3.63, 3.8) is 0 Å². The monoisotopic (exact) mass is 209 g/mol. The molecule has 1 atom stereocenters. The highest BCUT2D eigenvalue weighted by molar-refractivity contribution is 5.83. The fourth-order valence-electron chi connectivity index (χ4n) is 0.972. The lowest BCUT2D eigenvalue weighted by Gasteiger charge is -2.13. The molecule has 15 heavy (non-hydrogen) atoms. The number of rotatable bonds is 7. The number of nitrogens with zero attached hydrogens (tertiary/aromatic N) is 1. The Kier molecular flexibility index (Phi) is 6.54. The summed E-state index contributed by atoms with van der Waals surface area (Å²) in [7, 11) is 1.51. The largest absolute Gasteiger partial charge is 0.357 e. The lowest BCUT2D eigenvalue weighted by Crippen LogP contribution is -2.42. The summed E-state index contributed by atoms with van der Waals surface area (Å²) in [4.78, 5) is 25.1. The summed E-state index contributed by atoms with van der Waals surface area (Å²) in [6, 6.07) is -0.602. The zero-order valence-corrected chi connectivity index (χ0v) is 8.69. The van der Waals surface area contributed by atoms with Gasteiger partial charge < -0.3 is 10.6 Å². The molecule has 0 radical (unpaired) electrons. The van der Waals surface area contributed by atoms with Gasteiger partial charge in [-0.3, -0.25) is 14.6 Å². The van der Waals surface area contributed by atoms with Gasteiger partial charge in [-0.15, -0.1) is 0 Å². The molecule has 0 fully saturated rings. The number of likely N-dealkylation sites (N-methyl/N-ethyl adjacent to an activating group) is 1. The molecular formula is C10H15N3O2. The molecule has 2 amide bonds. The van der Waals surface area contributed by atoms with Crippen molar-refractivity contribution in [3.8, 4) is 0 Å². The van der Waals surface area contributed by atoms with Crippen molar-refractivity contribution in [2.75, 3.05) is 7.05 Å². The van der Waals surface area contributed by atoms with Crippen LogP contribution in [0.3, 0.4) is 0 Å². The molecule has 0 unspecified atom stereocenters. The van der Waals surface area contributed by atoms with Crippen molar-refractivity contribution in [1.82, 2.24) is 10.6 Å². The van der Waals surface area contributed by atoms with Gasteiger partial charge in [0.2, 0.25) is 12.3 Å². The van der Waals surface area contributed by atoms with E-state index in [4.69, 9.17) is 0 Å². The normalized spacial score (nSPS) is 11.8. The van der Waals surface area contributed by atoms with Gasteiger partial charge in [-0.25, -0.2) is 0 Å². The summed E-state index contributed by atoms with van der Waals surface area (Å²) in [6.07, 6.45) is 3.94. The molecule has 0 aliphatic heterocycles. The van der Waals surface area contributed by atoms with E-state index in [9.17, 15) is 9.59 Å². The topological polar surface area (TPSA) is 70.6 Å². The molecule has 2 N–H and O–H groups in total. The minimum atomic E-state index is -0.602. The predicted molar refractivity (Wildman–Crippen MR) is 59.5 cm³/mol. The second-order valence-corrected chi connectivity index (χ2v) is 2.81. The van der Waals surface area contributed by atoms with Gasteiger partial charge in [0.15, 0.2) is 0 Å². The molecule has 0 saturated carbocycles. The maximum Gasteiger partial charge on any atom is 0.242 e. The summed E-state index contributed by atoms with van der Waals surface area (Å²) >= 11 is 0. The highest BCUT2D eigenvalue weighted by Gasteiger charge is 2.15. The van der Waals surface area contributed by atoms with E-state index in [1.54, 1.807) is 6.08 Å². The first-order valence-corrected chi connectivity index (χ1v) is 4.37. The van der Waals surface area contributed by atoms with Crippen molar-refractivity contribution in [1.29, 1.82) is 0 Å². The first-order chi connectivity index (χ1) is 7.15. The lowest BCUT2D eigenvalue weighted by atomic mass is 10.1. The van der Waals surface area contributed by atoms with E-state index < -0.39 is 6.04 Å². The fraction of sp³-hybridized carbons (Fsp3) is 0.300. The van der Waals surface area contributed by atoms with Gasteiger partial charge in [0.25, 0.3) is 0 Å². The van der Waals surface area contributed by atoms with Gasteiger partial charge in [-0.05, 0) is 12.8 Å². The van der Waals surface area contributed by atoms with Crippen molar-refractivity contribution in [2.24, 2.45) is 4.99 Å². The molecule has 5 nitrogen and oxygen atoms in total. The van der Waals surface area contributed by atoms with Gasteiger partial charge in [-0.1, -0.05) is 12.2 Å². The molecule has 0 rings (SSSR count). The van der Waals surface area contributed by atoms with Crippen LogP contribution in [0, 0.1) is 0 Å². The fourth-order valence-corrected chi connectivity index (χ4v) is 0.972. The maximum atomic E-state index is 11.3. The lowest BCUT2D eigenvalue weighted by molar-refractivity contribution is -0.124. The third-order valence-corrected chi connectivity index (χ3v) is 1.71. The van der Waals surface area contributed by atoms with Crippen molar-refractivity contribution < 1.29 is 9.59 Å². The molecular weight excluding hydrogens is 194 g/mol. The SMILES string of the molecule is C=N/C=C\C(=C)C[C@H](NC=O)C(=O)NC. The van der Waals surface area contributed by atoms with Crippen LogP contribution in [-0.4, -0.2) is 32.1 Å². The van der Waals surface area contributed by atoms with E-state index in [1.165, 1.54) is 13.2 Å². The number of carbonyl (C=O) groups excluding carboxylic acids is 2. The van der Waals surface area contributed by atoms with Crippen LogP contribution >= 0.6 is 0 Å². The van der Waals surface area contributed by atoms with Crippen molar-refractivity contribution >= 4 is 19.0 Å². The van der Waals surface area contributed by atoms with Gasteiger partial charge >= 0.3 is 0 Å². The maximum absolute atomic E-state index is 11.3. The molecule has 0 heterocycles. The minimum absolute atomic E-state index is 0.261. The van der Waals surface area contributed by atoms with Crippen LogP contribution in [0.25, 0.3) is 0 Å². The Morgan fingerprint density at radius 1 is 1.60 bits per heavy atom. The Balaban J connectivity index is 4.33. The zero-order valence-electron chi connectivity index (χ0n) is 8.69. The molecule has 0 aliphatic rings. The minimum Gasteiger partial charge on any atom is -0.357 e. The van der Waals surface area contributed by atoms with Crippen molar-refractivity contribution in [3.05, 3.63) is 24.4 Å². The second kappa shape index (κ2) is 7.49. The average molecular weight is 209 g/mol. The molecule has 5 heteroatoms. The van der Waals surface area contributed by atoms with Crippen LogP contribution in [0.5, 0.6) is 0 Å². The van der Waals surface area contributed by atoms with E-state index in [0.29, 0.717) is 18.4 Å². The van der Waals surface area contributed by atoms with E-state index in [2.05, 4.69) is 28.9 Å². The third kappa shape index (κ3) is 5.41. The molecule has 82 valence electrons. The average Bonchev–Trinajstić information content (AvgIpc) is 2.24. The van der Waals surface area contributed by atoms with Gasteiger partial charge in [0.1, 0.15) is 6.04 Å². The highest BCUT2D eigenvalue weighted by Crippen LogP contribution is 2.04. The zero-order chi connectivity index (χ0) is 11.7. The van der Waals surface area contributed by atoms with E-state index in [1.807, 2.05) is 0 Å². The first kappa shape index (κ1) is 13.1. The summed E-state index contributed by atoms with van der Waals surface area (Å²) < 4.78 is 0. The molecule has 0 aromatic heterocycles. The highest BCUT2D eigenvalue weighted by atomic mass is 16.2. The number of hydrogen-bond donors (Lipinski definition) is 2. The Labute approximate surface area is 89.0 Å². The van der Waals surface area contributed by atoms with Crippen LogP contribution in [-0.2, 0) is 9.59 Å². The van der Waals surface area contributed by atoms with Gasteiger partial charge in [-0.2, -0.15) is 0 Å². The first-order valence-electron chi connectivity index (χ1n) is 4.37. The number of nitrogens with one attached hydrogen (secondary N) is 2. The Morgan fingerprint density at radius 3 is 2.73 bits per heavy atom. The van der Waals surface area contributed by atoms with Gasteiger partial charge in [0.05, 0.1) is 0 Å². The molecule has 0 aliphatic carbocycles. The van der Waals surface area contributed by atoms with Crippen LogP contribution < -0.4 is 10.6 Å². The Morgan fingerprint density at radius 2 is 2.27 bits per heavy atom. The Hall–Kier alpha value is -1.91. The van der Waals surface area contributed by atoms with Gasteiger partial charge in [0, 0.05) is 19.7 Å². The smallest absolute Gasteiger partial charge is 0.242 e. The van der Waals surface area contributed by atoms with Crippen LogP contribution in [0.1, 0.15) is 6.42 Å². The summed E-state index contributed by atoms with van der Waals surface area (Å²) in [5.41, 5.74) is 0.686. The quantitative estimate of drug-likeness (QED) is 0.352. The number of amides is 2. The number of aliphatic imine (C=N–C) groups is 1. The van der Waals surface area contributed by atoms with Crippen LogP contribution in [0.4, 0.5) is 0 Å². The van der Waals surface area contributed by atoms with E-state index >= 15 is 0 Å². The molecule has 0 bridgehead atoms. The molecule has 0 spiro atoms. The number of allylic oxidation sites excluding steroid dienone is 1. The third-order valence-electron chi connectivity index (χ3n) is 1.71. The summed E-state index contributed by atoms with van der Waals surface area (Å²) in [6.45, 7) is 6.99. The standard InChI is InChI=1S/C10H15N3O2/c1-8(4-5-11-2)6-9(13-7-14)10(15)12-3/h4-5,7,9H,1-2,6H2,3H3,(H,12,15)(H,13,14)/b5-4-/t9-/m0/s1. The molecule has 0 aromatic rings. The number of carbonyl (C=O) groups is 2. The van der Waals surface area contributed by atoms with E-state index in [0.717, 1.165) is 0 Å². The summed E-state index contributed by atoms with van der Waals surface area (Å²) in [5, 5.41) is 4.86.